The van der Waals surface area contributed by atoms with Crippen LogP contribution in [0.3, 0.4) is 0 Å². The largest absolute Gasteiger partial charge is 0.435 e. The molecule has 1 amide bonds. The number of ether oxygens (including phenoxy) is 1. The van der Waals surface area contributed by atoms with Crippen molar-refractivity contribution < 1.29 is 22.7 Å². The van der Waals surface area contributed by atoms with E-state index >= 15 is 0 Å². The first-order valence-corrected chi connectivity index (χ1v) is 11.0. The highest BCUT2D eigenvalue weighted by atomic mass is 32.1. The molecule has 0 radical (unpaired) electrons. The maximum absolute atomic E-state index is 13.5. The van der Waals surface area contributed by atoms with Gasteiger partial charge in [0.05, 0.1) is 18.2 Å². The van der Waals surface area contributed by atoms with Gasteiger partial charge in [-0.05, 0) is 35.4 Å². The normalized spacial score (nSPS) is 11.9. The number of hydrogen-bond donors (Lipinski definition) is 1. The lowest BCUT2D eigenvalue weighted by molar-refractivity contribution is -0.121. The van der Waals surface area contributed by atoms with Crippen molar-refractivity contribution in [3.63, 3.8) is 0 Å². The minimum absolute atomic E-state index is 0.0410. The van der Waals surface area contributed by atoms with E-state index in [2.05, 4.69) is 15.0 Å². The maximum atomic E-state index is 13.5. The summed E-state index contributed by atoms with van der Waals surface area (Å²) in [6.45, 7) is -2.91. The molecule has 168 valence electrons. The monoisotopic (exact) mass is 468 g/mol. The van der Waals surface area contributed by atoms with E-state index in [1.54, 1.807) is 29.6 Å². The Hall–Kier alpha value is -3.65. The summed E-state index contributed by atoms with van der Waals surface area (Å²) in [6.07, 6.45) is 0.0434. The van der Waals surface area contributed by atoms with Crippen LogP contribution in [0.4, 0.5) is 13.2 Å². The van der Waals surface area contributed by atoms with Crippen molar-refractivity contribution >= 4 is 17.2 Å². The number of carbonyl (C=O) groups excluding carboxylic acids is 1. The third-order valence-corrected chi connectivity index (χ3v) is 5.78. The number of rotatable bonds is 8. The van der Waals surface area contributed by atoms with Crippen molar-refractivity contribution in [1.29, 1.82) is 0 Å². The second-order valence-corrected chi connectivity index (χ2v) is 8.05. The molecule has 0 spiro atoms. The van der Waals surface area contributed by atoms with Gasteiger partial charge >= 0.3 is 6.61 Å². The molecule has 4 rings (SSSR count). The van der Waals surface area contributed by atoms with Crippen molar-refractivity contribution in [2.75, 3.05) is 0 Å². The van der Waals surface area contributed by atoms with Crippen LogP contribution in [0, 0.1) is 5.82 Å². The van der Waals surface area contributed by atoms with Gasteiger partial charge in [0.25, 0.3) is 0 Å². The van der Waals surface area contributed by atoms with E-state index in [1.807, 2.05) is 30.3 Å². The Morgan fingerprint density at radius 3 is 2.39 bits per heavy atom. The summed E-state index contributed by atoms with van der Waals surface area (Å²) >= 11 is 1.34. The van der Waals surface area contributed by atoms with Gasteiger partial charge in [-0.3, -0.25) is 4.79 Å². The molecule has 1 heterocycles. The molecule has 1 atom stereocenters. The molecule has 0 aliphatic rings. The highest BCUT2D eigenvalue weighted by Crippen LogP contribution is 2.27. The minimum atomic E-state index is -2.91. The van der Waals surface area contributed by atoms with Gasteiger partial charge in [-0.2, -0.15) is 8.78 Å². The fourth-order valence-electron chi connectivity index (χ4n) is 3.37. The number of benzene rings is 3. The van der Waals surface area contributed by atoms with Crippen LogP contribution in [-0.2, 0) is 11.2 Å². The SMILES string of the molecule is O=C(Cc1csc(-c2cccc(F)c2)n1)NC(c1ccccc1)c1ccc(OC(F)F)cc1. The number of halogens is 3. The Kier molecular flexibility index (Phi) is 7.04. The topological polar surface area (TPSA) is 51.2 Å². The van der Waals surface area contributed by atoms with Crippen LogP contribution in [0.2, 0.25) is 0 Å². The molecule has 0 saturated carbocycles. The summed E-state index contributed by atoms with van der Waals surface area (Å²) in [5.74, 6) is -0.565. The third-order valence-electron chi connectivity index (χ3n) is 4.84. The smallest absolute Gasteiger partial charge is 0.387 e. The molecule has 0 aliphatic carbocycles. The third kappa shape index (κ3) is 5.98. The molecule has 1 unspecified atom stereocenters. The summed E-state index contributed by atoms with van der Waals surface area (Å²) in [5.41, 5.74) is 2.78. The molecule has 0 fully saturated rings. The number of hydrogen-bond acceptors (Lipinski definition) is 4. The molecule has 0 bridgehead atoms. The number of nitrogens with one attached hydrogen (secondary N) is 1. The van der Waals surface area contributed by atoms with Gasteiger partial charge in [0.2, 0.25) is 5.91 Å². The first-order valence-electron chi connectivity index (χ1n) is 10.1. The number of nitrogens with zero attached hydrogens (tertiary/aromatic N) is 1. The molecule has 0 saturated heterocycles. The Bertz CT molecular complexity index is 1210. The minimum Gasteiger partial charge on any atom is -0.435 e. The zero-order valence-electron chi connectivity index (χ0n) is 17.3. The van der Waals surface area contributed by atoms with Crippen molar-refractivity contribution in [1.82, 2.24) is 10.3 Å². The van der Waals surface area contributed by atoms with Crippen LogP contribution in [0.25, 0.3) is 10.6 Å². The highest BCUT2D eigenvalue weighted by molar-refractivity contribution is 7.13. The summed E-state index contributed by atoms with van der Waals surface area (Å²) < 4.78 is 42.8. The van der Waals surface area contributed by atoms with Crippen LogP contribution in [0.1, 0.15) is 22.9 Å². The molecule has 4 nitrogen and oxygen atoms in total. The van der Waals surface area contributed by atoms with Gasteiger partial charge in [0, 0.05) is 10.9 Å². The molecule has 3 aromatic carbocycles. The second-order valence-electron chi connectivity index (χ2n) is 7.19. The van der Waals surface area contributed by atoms with Gasteiger partial charge < -0.3 is 10.1 Å². The number of amides is 1. The van der Waals surface area contributed by atoms with Crippen molar-refractivity contribution in [3.05, 3.63) is 107 Å². The van der Waals surface area contributed by atoms with Crippen molar-refractivity contribution in [2.24, 2.45) is 0 Å². The first-order chi connectivity index (χ1) is 16.0. The summed E-state index contributed by atoms with van der Waals surface area (Å²) in [6, 6.07) is 21.1. The van der Waals surface area contributed by atoms with Crippen molar-refractivity contribution in [3.8, 4) is 16.3 Å². The summed E-state index contributed by atoms with van der Waals surface area (Å²) in [4.78, 5) is 17.3. The van der Waals surface area contributed by atoms with E-state index in [-0.39, 0.29) is 23.9 Å². The van der Waals surface area contributed by atoms with Crippen LogP contribution in [-0.4, -0.2) is 17.5 Å². The number of aromatic nitrogens is 1. The maximum Gasteiger partial charge on any atom is 0.387 e. The van der Waals surface area contributed by atoms with E-state index in [9.17, 15) is 18.0 Å². The zero-order chi connectivity index (χ0) is 23.2. The average Bonchev–Trinajstić information content (AvgIpc) is 3.27. The highest BCUT2D eigenvalue weighted by Gasteiger charge is 2.18. The van der Waals surface area contributed by atoms with E-state index in [4.69, 9.17) is 0 Å². The Morgan fingerprint density at radius 1 is 0.970 bits per heavy atom. The quantitative estimate of drug-likeness (QED) is 0.345. The van der Waals surface area contributed by atoms with E-state index in [0.717, 1.165) is 11.1 Å². The molecule has 4 aromatic rings. The summed E-state index contributed by atoms with van der Waals surface area (Å²) in [5, 5.41) is 5.40. The van der Waals surface area contributed by atoms with Gasteiger partial charge in [0.15, 0.2) is 0 Å². The van der Waals surface area contributed by atoms with Crippen LogP contribution >= 0.6 is 11.3 Å². The van der Waals surface area contributed by atoms with Crippen LogP contribution in [0.5, 0.6) is 5.75 Å². The number of thiazole rings is 1. The molecular formula is C25H19F3N2O2S. The number of alkyl halides is 2. The standard InChI is InChI=1S/C25H19F3N2O2S/c26-19-8-4-7-18(13-19)24-29-20(15-33-24)14-22(31)30-23(16-5-2-1-3-6-16)17-9-11-21(12-10-17)32-25(27)28/h1-13,15,23,25H,14H2,(H,30,31). The van der Waals surface area contributed by atoms with Crippen LogP contribution in [0.15, 0.2) is 84.2 Å². The van der Waals surface area contributed by atoms with Crippen molar-refractivity contribution in [2.45, 2.75) is 19.1 Å². The van der Waals surface area contributed by atoms with Gasteiger partial charge in [-0.15, -0.1) is 11.3 Å². The lowest BCUT2D eigenvalue weighted by atomic mass is 9.98. The average molecular weight is 469 g/mol. The molecular weight excluding hydrogens is 449 g/mol. The Balaban J connectivity index is 1.50. The van der Waals surface area contributed by atoms with Gasteiger partial charge in [0.1, 0.15) is 16.6 Å². The predicted molar refractivity (Wildman–Crippen MR) is 121 cm³/mol. The second kappa shape index (κ2) is 10.3. The molecule has 33 heavy (non-hydrogen) atoms. The van der Waals surface area contributed by atoms with E-state index in [1.165, 1.54) is 35.6 Å². The van der Waals surface area contributed by atoms with E-state index < -0.39 is 12.7 Å². The lowest BCUT2D eigenvalue weighted by Crippen LogP contribution is -2.30. The number of carbonyl (C=O) groups is 1. The van der Waals surface area contributed by atoms with E-state index in [0.29, 0.717) is 16.3 Å². The Morgan fingerprint density at radius 2 is 1.70 bits per heavy atom. The first kappa shape index (κ1) is 22.5. The lowest BCUT2D eigenvalue weighted by Gasteiger charge is -2.20. The van der Waals surface area contributed by atoms with Gasteiger partial charge in [-0.25, -0.2) is 9.37 Å². The fraction of sp³-hybridized carbons (Fsp3) is 0.120. The van der Waals surface area contributed by atoms with Crippen LogP contribution < -0.4 is 10.1 Å². The fourth-order valence-corrected chi connectivity index (χ4v) is 4.18. The molecule has 1 N–H and O–H groups in total. The Labute approximate surface area is 192 Å². The molecule has 8 heteroatoms. The van der Waals surface area contributed by atoms with Gasteiger partial charge in [-0.1, -0.05) is 54.6 Å². The zero-order valence-corrected chi connectivity index (χ0v) is 18.1. The molecule has 1 aromatic heterocycles. The summed E-state index contributed by atoms with van der Waals surface area (Å²) in [7, 11) is 0. The molecule has 0 aliphatic heterocycles. The predicted octanol–water partition coefficient (Wildman–Crippen LogP) is 6.00.